The van der Waals surface area contributed by atoms with Gasteiger partial charge in [-0.05, 0) is 160 Å². The van der Waals surface area contributed by atoms with Crippen LogP contribution in [0.2, 0.25) is 0 Å². The van der Waals surface area contributed by atoms with E-state index in [1.807, 2.05) is 0 Å². The molecule has 8 bridgehead atoms. The molecule has 9 fully saturated rings. The van der Waals surface area contributed by atoms with Gasteiger partial charge < -0.3 is 10.2 Å². The van der Waals surface area contributed by atoms with Crippen LogP contribution in [0.3, 0.4) is 0 Å². The topological polar surface area (TPSA) is 40.5 Å². The van der Waals surface area contributed by atoms with E-state index in [-0.39, 0.29) is 10.8 Å². The molecule has 0 radical (unpaired) electrons. The second-order valence-electron chi connectivity index (χ2n) is 18.0. The second-order valence-corrected chi connectivity index (χ2v) is 22.3. The zero-order valence-electron chi connectivity index (χ0n) is 28.5. The van der Waals surface area contributed by atoms with Crippen LogP contribution in [0.25, 0.3) is 0 Å². The van der Waals surface area contributed by atoms with Crippen molar-refractivity contribution in [2.75, 3.05) is 0 Å². The van der Waals surface area contributed by atoms with E-state index in [2.05, 4.69) is 79.6 Å². The first kappa shape index (κ1) is 33.5. The van der Waals surface area contributed by atoms with Gasteiger partial charge in [0.15, 0.2) is 0 Å². The monoisotopic (exact) mass is 812 g/mol. The molecule has 11 rings (SSSR count). The predicted octanol–water partition coefficient (Wildman–Crippen LogP) is 12.8. The van der Waals surface area contributed by atoms with E-state index >= 15 is 0 Å². The molecule has 9 saturated carbocycles. The summed E-state index contributed by atoms with van der Waals surface area (Å²) in [6.45, 7) is 0. The predicted molar refractivity (Wildman–Crippen MR) is 209 cm³/mol. The molecule has 0 aromatic heterocycles. The fourth-order valence-corrected chi connectivity index (χ4v) is 17.5. The Morgan fingerprint density at radius 1 is 0.521 bits per heavy atom. The van der Waals surface area contributed by atoms with Crippen molar-refractivity contribution in [3.8, 4) is 11.5 Å². The van der Waals surface area contributed by atoms with Gasteiger partial charge in [-0.15, -0.1) is 0 Å². The molecule has 2 aromatic rings. The van der Waals surface area contributed by atoms with E-state index in [0.29, 0.717) is 22.0 Å². The maximum absolute atomic E-state index is 11.9. The number of thioether (sulfide) groups is 2. The molecule has 6 heteroatoms. The summed E-state index contributed by atoms with van der Waals surface area (Å²) in [6, 6.07) is 8.99. The Balaban J connectivity index is 0.927. The first-order chi connectivity index (χ1) is 23.2. The third kappa shape index (κ3) is 6.27. The zero-order valence-corrected chi connectivity index (χ0v) is 33.3. The van der Waals surface area contributed by atoms with E-state index in [1.165, 1.54) is 127 Å². The Labute approximate surface area is 314 Å². The van der Waals surface area contributed by atoms with Crippen molar-refractivity contribution in [2.24, 2.45) is 35.5 Å². The van der Waals surface area contributed by atoms with Crippen LogP contribution >= 0.6 is 55.4 Å². The van der Waals surface area contributed by atoms with Gasteiger partial charge in [-0.1, -0.05) is 57.5 Å². The third-order valence-electron chi connectivity index (χ3n) is 14.6. The molecule has 0 saturated heterocycles. The van der Waals surface area contributed by atoms with Gasteiger partial charge in [-0.2, -0.15) is 23.5 Å². The van der Waals surface area contributed by atoms with Crippen LogP contribution in [-0.4, -0.2) is 20.7 Å². The van der Waals surface area contributed by atoms with Gasteiger partial charge in [-0.25, -0.2) is 0 Å². The van der Waals surface area contributed by atoms with E-state index in [9.17, 15) is 10.2 Å². The van der Waals surface area contributed by atoms with Crippen molar-refractivity contribution < 1.29 is 10.2 Å². The average Bonchev–Trinajstić information content (AvgIpc) is 3.01. The van der Waals surface area contributed by atoms with Gasteiger partial charge in [0.05, 0.1) is 0 Å². The van der Waals surface area contributed by atoms with Crippen molar-refractivity contribution >= 4 is 55.4 Å². The normalized spacial score (nSPS) is 39.9. The first-order valence-corrected chi connectivity index (χ1v) is 23.2. The zero-order chi connectivity index (χ0) is 32.6. The Hall–Kier alpha value is -0.300. The molecule has 9 aliphatic carbocycles. The summed E-state index contributed by atoms with van der Waals surface area (Å²) < 4.78 is 2.29. The molecule has 9 aliphatic rings. The van der Waals surface area contributed by atoms with Crippen molar-refractivity contribution in [1.29, 1.82) is 0 Å². The summed E-state index contributed by atoms with van der Waals surface area (Å²) in [5.41, 5.74) is 5.18. The smallest absolute Gasteiger partial charge is 0.123 e. The van der Waals surface area contributed by atoms with Gasteiger partial charge in [-0.3, -0.25) is 0 Å². The molecule has 2 N–H and O–H groups in total. The van der Waals surface area contributed by atoms with Gasteiger partial charge in [0.2, 0.25) is 0 Å². The number of phenolic OH excluding ortho intramolecular Hbond substituents is 2. The molecular weight excluding hydrogens is 760 g/mol. The molecule has 0 aliphatic heterocycles. The van der Waals surface area contributed by atoms with Crippen LogP contribution in [0, 0.1) is 35.5 Å². The Morgan fingerprint density at radius 3 is 1.19 bits per heavy atom. The van der Waals surface area contributed by atoms with Gasteiger partial charge in [0, 0.05) is 53.2 Å². The number of phenols is 2. The van der Waals surface area contributed by atoms with Crippen molar-refractivity contribution in [3.63, 3.8) is 0 Å². The lowest BCUT2D eigenvalue weighted by Gasteiger charge is -2.57. The minimum Gasteiger partial charge on any atom is -0.507 e. The maximum atomic E-state index is 11.9. The average molecular weight is 815 g/mol. The lowest BCUT2D eigenvalue weighted by Crippen LogP contribution is -2.48. The number of hydrogen-bond acceptors (Lipinski definition) is 4. The van der Waals surface area contributed by atoms with E-state index < -0.39 is 0 Å². The van der Waals surface area contributed by atoms with Crippen molar-refractivity contribution in [3.05, 3.63) is 55.5 Å². The van der Waals surface area contributed by atoms with Crippen LogP contribution in [-0.2, 0) is 22.3 Å². The molecule has 2 atom stereocenters. The van der Waals surface area contributed by atoms with Crippen LogP contribution in [0.4, 0.5) is 0 Å². The summed E-state index contributed by atoms with van der Waals surface area (Å²) in [5.74, 6) is 8.19. The summed E-state index contributed by atoms with van der Waals surface area (Å²) in [5, 5.41) is 25.0. The van der Waals surface area contributed by atoms with Crippen LogP contribution in [0.15, 0.2) is 33.2 Å². The first-order valence-electron chi connectivity index (χ1n) is 19.5. The van der Waals surface area contributed by atoms with Crippen LogP contribution < -0.4 is 0 Å². The second kappa shape index (κ2) is 13.3. The molecular formula is C42H54Br2O2S2. The molecule has 0 unspecified atom stereocenters. The molecule has 0 amide bonds. The quantitative estimate of drug-likeness (QED) is 0.279. The van der Waals surface area contributed by atoms with Gasteiger partial charge in [0.25, 0.3) is 0 Å². The van der Waals surface area contributed by atoms with Crippen molar-refractivity contribution in [2.45, 2.75) is 148 Å². The fourth-order valence-electron chi connectivity index (χ4n) is 13.4. The SMILES string of the molecule is Oc1c(CS[C@@H]2CCCCCC[C@H]2SCc2cc(Br)cc(C34CC5CC(CC(C5)C3)C4)c2O)cc(Br)cc1C12CC3CC(CC(C3)C1)C2. The fraction of sp³-hybridized carbons (Fsp3) is 0.714. The number of aromatic hydroxyl groups is 2. The Morgan fingerprint density at radius 2 is 0.854 bits per heavy atom. The number of benzene rings is 2. The number of rotatable bonds is 8. The molecule has 260 valence electrons. The lowest BCUT2D eigenvalue weighted by molar-refractivity contribution is -0.00635. The third-order valence-corrected chi connectivity index (χ3v) is 18.6. The molecule has 2 aromatic carbocycles. The Bertz CT molecular complexity index is 1350. The molecule has 0 spiro atoms. The molecule has 0 heterocycles. The minimum absolute atomic E-state index is 0.196. The number of halogens is 2. The molecule has 48 heavy (non-hydrogen) atoms. The summed E-state index contributed by atoms with van der Waals surface area (Å²) in [4.78, 5) is 0. The van der Waals surface area contributed by atoms with Gasteiger partial charge in [0.1, 0.15) is 11.5 Å². The lowest BCUT2D eigenvalue weighted by atomic mass is 9.48. The van der Waals surface area contributed by atoms with Gasteiger partial charge >= 0.3 is 0 Å². The van der Waals surface area contributed by atoms with E-state index in [1.54, 1.807) is 0 Å². The largest absolute Gasteiger partial charge is 0.507 e. The van der Waals surface area contributed by atoms with E-state index in [4.69, 9.17) is 0 Å². The highest BCUT2D eigenvalue weighted by molar-refractivity contribution is 9.10. The molecule has 2 nitrogen and oxygen atoms in total. The highest BCUT2D eigenvalue weighted by Crippen LogP contribution is 2.64. The van der Waals surface area contributed by atoms with Crippen molar-refractivity contribution in [1.82, 2.24) is 0 Å². The summed E-state index contributed by atoms with van der Waals surface area (Å²) in [7, 11) is 0. The summed E-state index contributed by atoms with van der Waals surface area (Å²) >= 11 is 12.0. The maximum Gasteiger partial charge on any atom is 0.123 e. The summed E-state index contributed by atoms with van der Waals surface area (Å²) in [6.07, 6.45) is 24.1. The highest BCUT2D eigenvalue weighted by atomic mass is 79.9. The standard InChI is InChI=1S/C42H54Br2O2S2/c43-33-13-31(39(45)35(15-33)41-17-25-7-26(18-41)9-27(8-25)19-41)23-47-37-5-3-1-2-4-6-38(37)48-24-32-14-34(44)16-36(40(32)46)42-20-28-10-29(21-42)12-30(11-28)22-42/h13-16,25-30,37-38,45-46H,1-12,17-24H2/t25?,26?,27?,28?,29?,30?,37-,38-,41?,42?/m1/s1. The number of hydrogen-bond donors (Lipinski definition) is 2. The van der Waals surface area contributed by atoms with E-state index in [0.717, 1.165) is 67.1 Å². The Kier molecular flexibility index (Phi) is 9.28. The minimum atomic E-state index is 0.196. The highest BCUT2D eigenvalue weighted by Gasteiger charge is 2.54. The van der Waals surface area contributed by atoms with Crippen LogP contribution in [0.1, 0.15) is 138 Å². The van der Waals surface area contributed by atoms with Crippen LogP contribution in [0.5, 0.6) is 11.5 Å².